The van der Waals surface area contributed by atoms with Crippen molar-refractivity contribution in [2.45, 2.75) is 51.6 Å². The van der Waals surface area contributed by atoms with Crippen LogP contribution in [0.25, 0.3) is 0 Å². The molecule has 0 saturated heterocycles. The lowest BCUT2D eigenvalue weighted by Crippen LogP contribution is -2.45. The standard InChI is InChI=1S/C14H21NO2S/c1-10-5-4-6-14(8-10,17-3)13(16)7-12-9-18-11(2)15-12/h9-10H,4-8H2,1-3H3. The maximum Gasteiger partial charge on any atom is 0.170 e. The zero-order valence-corrected chi connectivity index (χ0v) is 12.2. The van der Waals surface area contributed by atoms with E-state index in [1.807, 2.05) is 12.3 Å². The number of aryl methyl sites for hydroxylation is 1. The summed E-state index contributed by atoms with van der Waals surface area (Å²) in [4.78, 5) is 16.9. The summed E-state index contributed by atoms with van der Waals surface area (Å²) in [7, 11) is 1.67. The molecule has 0 radical (unpaired) electrons. The quantitative estimate of drug-likeness (QED) is 0.841. The molecule has 0 bridgehead atoms. The molecule has 1 aromatic rings. The monoisotopic (exact) mass is 267 g/mol. The van der Waals surface area contributed by atoms with Crippen LogP contribution in [0.2, 0.25) is 0 Å². The van der Waals surface area contributed by atoms with Crippen molar-refractivity contribution in [1.82, 2.24) is 4.98 Å². The zero-order valence-electron chi connectivity index (χ0n) is 11.4. The van der Waals surface area contributed by atoms with E-state index in [-0.39, 0.29) is 5.78 Å². The number of methoxy groups -OCH3 is 1. The largest absolute Gasteiger partial charge is 0.370 e. The van der Waals surface area contributed by atoms with Crippen molar-refractivity contribution in [1.29, 1.82) is 0 Å². The Labute approximate surface area is 113 Å². The summed E-state index contributed by atoms with van der Waals surface area (Å²) in [5.41, 5.74) is 0.326. The number of carbonyl (C=O) groups excluding carboxylic acids is 1. The first-order chi connectivity index (χ1) is 8.55. The molecule has 1 saturated carbocycles. The van der Waals surface area contributed by atoms with E-state index >= 15 is 0 Å². The number of hydrogen-bond acceptors (Lipinski definition) is 4. The number of carbonyl (C=O) groups is 1. The van der Waals surface area contributed by atoms with Gasteiger partial charge in [0.2, 0.25) is 0 Å². The smallest absolute Gasteiger partial charge is 0.170 e. The predicted molar refractivity (Wildman–Crippen MR) is 72.9 cm³/mol. The SMILES string of the molecule is COC1(C(=O)Cc2csc(C)n2)CCCC(C)C1. The van der Waals surface area contributed by atoms with Crippen LogP contribution in [0.1, 0.15) is 43.3 Å². The van der Waals surface area contributed by atoms with Gasteiger partial charge in [0.15, 0.2) is 5.78 Å². The van der Waals surface area contributed by atoms with Crippen LogP contribution in [0, 0.1) is 12.8 Å². The van der Waals surface area contributed by atoms with E-state index in [1.54, 1.807) is 18.4 Å². The van der Waals surface area contributed by atoms with Gasteiger partial charge in [0, 0.05) is 12.5 Å². The van der Waals surface area contributed by atoms with Crippen molar-refractivity contribution in [2.24, 2.45) is 5.92 Å². The Morgan fingerprint density at radius 1 is 1.67 bits per heavy atom. The Balaban J connectivity index is 2.09. The number of thiazole rings is 1. The highest BCUT2D eigenvalue weighted by molar-refractivity contribution is 7.09. The average molecular weight is 267 g/mol. The fourth-order valence-electron chi connectivity index (χ4n) is 2.87. The summed E-state index contributed by atoms with van der Waals surface area (Å²) in [5.74, 6) is 0.765. The van der Waals surface area contributed by atoms with E-state index in [0.717, 1.165) is 30.0 Å². The van der Waals surface area contributed by atoms with Crippen LogP contribution in [0.5, 0.6) is 0 Å². The van der Waals surface area contributed by atoms with Crippen molar-refractivity contribution < 1.29 is 9.53 Å². The van der Waals surface area contributed by atoms with Crippen LogP contribution in [0.4, 0.5) is 0 Å². The first-order valence-electron chi connectivity index (χ1n) is 6.55. The lowest BCUT2D eigenvalue weighted by atomic mass is 9.75. The molecule has 1 heterocycles. The van der Waals surface area contributed by atoms with Crippen molar-refractivity contribution in [3.8, 4) is 0 Å². The van der Waals surface area contributed by atoms with Gasteiger partial charge >= 0.3 is 0 Å². The molecule has 4 heteroatoms. The summed E-state index contributed by atoms with van der Waals surface area (Å²) >= 11 is 1.60. The van der Waals surface area contributed by atoms with Crippen LogP contribution < -0.4 is 0 Å². The molecule has 0 spiro atoms. The summed E-state index contributed by atoms with van der Waals surface area (Å²) in [6.07, 6.45) is 4.40. The highest BCUT2D eigenvalue weighted by Gasteiger charge is 2.41. The van der Waals surface area contributed by atoms with Crippen LogP contribution in [0.15, 0.2) is 5.38 Å². The third-order valence-corrected chi connectivity index (χ3v) is 4.69. The lowest BCUT2D eigenvalue weighted by Gasteiger charge is -2.37. The molecule has 2 unspecified atom stereocenters. The number of ketones is 1. The molecule has 0 aliphatic heterocycles. The number of nitrogens with zero attached hydrogens (tertiary/aromatic N) is 1. The molecule has 2 rings (SSSR count). The molecule has 1 aliphatic carbocycles. The fourth-order valence-corrected chi connectivity index (χ4v) is 3.48. The molecule has 1 aromatic heterocycles. The Morgan fingerprint density at radius 3 is 3.00 bits per heavy atom. The van der Waals surface area contributed by atoms with Crippen molar-refractivity contribution in [3.63, 3.8) is 0 Å². The Morgan fingerprint density at radius 2 is 2.44 bits per heavy atom. The second-order valence-corrected chi connectivity index (χ2v) is 6.42. The maximum atomic E-state index is 12.5. The van der Waals surface area contributed by atoms with Crippen LogP contribution >= 0.6 is 11.3 Å². The van der Waals surface area contributed by atoms with E-state index in [2.05, 4.69) is 11.9 Å². The second-order valence-electron chi connectivity index (χ2n) is 5.36. The van der Waals surface area contributed by atoms with Gasteiger partial charge in [0.1, 0.15) is 5.60 Å². The van der Waals surface area contributed by atoms with Gasteiger partial charge in [-0.05, 0) is 32.1 Å². The summed E-state index contributed by atoms with van der Waals surface area (Å²) < 4.78 is 5.62. The summed E-state index contributed by atoms with van der Waals surface area (Å²) in [5, 5.41) is 2.99. The maximum absolute atomic E-state index is 12.5. The number of rotatable bonds is 4. The van der Waals surface area contributed by atoms with E-state index in [4.69, 9.17) is 4.74 Å². The highest BCUT2D eigenvalue weighted by Crippen LogP contribution is 2.36. The minimum atomic E-state index is -0.560. The lowest BCUT2D eigenvalue weighted by molar-refractivity contribution is -0.146. The van der Waals surface area contributed by atoms with Gasteiger partial charge in [-0.2, -0.15) is 0 Å². The minimum absolute atomic E-state index is 0.196. The molecule has 1 aliphatic rings. The molecular weight excluding hydrogens is 246 g/mol. The fraction of sp³-hybridized carbons (Fsp3) is 0.714. The van der Waals surface area contributed by atoms with Gasteiger partial charge in [-0.1, -0.05) is 13.3 Å². The van der Waals surface area contributed by atoms with Crippen molar-refractivity contribution in [2.75, 3.05) is 7.11 Å². The third kappa shape index (κ3) is 2.81. The average Bonchev–Trinajstić information content (AvgIpc) is 2.74. The number of aromatic nitrogens is 1. The third-order valence-electron chi connectivity index (χ3n) is 3.86. The first kappa shape index (κ1) is 13.7. The van der Waals surface area contributed by atoms with Crippen molar-refractivity contribution in [3.05, 3.63) is 16.1 Å². The van der Waals surface area contributed by atoms with Gasteiger partial charge in [0.05, 0.1) is 17.1 Å². The topological polar surface area (TPSA) is 39.2 Å². The van der Waals surface area contributed by atoms with E-state index in [1.165, 1.54) is 6.42 Å². The van der Waals surface area contributed by atoms with E-state index in [0.29, 0.717) is 12.3 Å². The zero-order chi connectivity index (χ0) is 13.2. The van der Waals surface area contributed by atoms with E-state index in [9.17, 15) is 4.79 Å². The Bertz CT molecular complexity index is 429. The predicted octanol–water partition coefficient (Wildman–Crippen LogP) is 3.16. The van der Waals surface area contributed by atoms with Crippen LogP contribution in [-0.2, 0) is 16.0 Å². The van der Waals surface area contributed by atoms with Gasteiger partial charge in [-0.15, -0.1) is 11.3 Å². The highest BCUT2D eigenvalue weighted by atomic mass is 32.1. The molecule has 0 amide bonds. The molecule has 3 nitrogen and oxygen atoms in total. The molecule has 2 atom stereocenters. The second kappa shape index (κ2) is 5.49. The van der Waals surface area contributed by atoms with E-state index < -0.39 is 5.60 Å². The summed E-state index contributed by atoms with van der Waals surface area (Å²) in [6.45, 7) is 4.17. The molecule has 0 N–H and O–H groups in total. The van der Waals surface area contributed by atoms with Gasteiger partial charge in [0.25, 0.3) is 0 Å². The van der Waals surface area contributed by atoms with Gasteiger partial charge in [-0.25, -0.2) is 4.98 Å². The van der Waals surface area contributed by atoms with Crippen LogP contribution in [0.3, 0.4) is 0 Å². The number of ether oxygens (including phenoxy) is 1. The van der Waals surface area contributed by atoms with Gasteiger partial charge in [-0.3, -0.25) is 4.79 Å². The molecule has 18 heavy (non-hydrogen) atoms. The number of hydrogen-bond donors (Lipinski definition) is 0. The minimum Gasteiger partial charge on any atom is -0.370 e. The first-order valence-corrected chi connectivity index (χ1v) is 7.43. The Hall–Kier alpha value is -0.740. The molecule has 0 aromatic carbocycles. The van der Waals surface area contributed by atoms with Gasteiger partial charge < -0.3 is 4.74 Å². The Kier molecular flexibility index (Phi) is 4.17. The molecule has 1 fully saturated rings. The van der Waals surface area contributed by atoms with Crippen molar-refractivity contribution >= 4 is 17.1 Å². The molecular formula is C14H21NO2S. The molecule has 100 valence electrons. The normalized spacial score (nSPS) is 28.3. The number of Topliss-reactive ketones (excluding diaryl/α,β-unsaturated/α-hetero) is 1. The summed E-state index contributed by atoms with van der Waals surface area (Å²) in [6, 6.07) is 0. The van der Waals surface area contributed by atoms with Crippen LogP contribution in [-0.4, -0.2) is 23.5 Å².